The maximum atomic E-state index is 12.4. The molecule has 1 fully saturated rings. The summed E-state index contributed by atoms with van der Waals surface area (Å²) < 4.78 is 5.84. The van der Waals surface area contributed by atoms with Gasteiger partial charge in [-0.2, -0.15) is 0 Å². The Labute approximate surface area is 145 Å². The number of halogens is 1. The molecule has 23 heavy (non-hydrogen) atoms. The summed E-state index contributed by atoms with van der Waals surface area (Å²) in [6, 6.07) is 7.93. The summed E-state index contributed by atoms with van der Waals surface area (Å²) >= 11 is 0. The van der Waals surface area contributed by atoms with E-state index in [1.807, 2.05) is 45.0 Å². The van der Waals surface area contributed by atoms with Crippen LogP contribution in [-0.2, 0) is 4.79 Å². The van der Waals surface area contributed by atoms with Gasteiger partial charge in [0.05, 0.1) is 12.5 Å². The molecule has 1 aromatic rings. The Balaban J connectivity index is 0.00000264. The first kappa shape index (κ1) is 19.8. The zero-order valence-corrected chi connectivity index (χ0v) is 15.1. The molecule has 0 spiro atoms. The van der Waals surface area contributed by atoms with Crippen LogP contribution in [0.5, 0.6) is 5.75 Å². The number of benzene rings is 1. The van der Waals surface area contributed by atoms with Gasteiger partial charge in [0.2, 0.25) is 5.91 Å². The van der Waals surface area contributed by atoms with Crippen molar-refractivity contribution in [2.45, 2.75) is 58.1 Å². The highest BCUT2D eigenvalue weighted by molar-refractivity contribution is 5.85. The Kier molecular flexibility index (Phi) is 7.36. The topological polar surface area (TPSA) is 64.3 Å². The Morgan fingerprint density at radius 1 is 1.48 bits per heavy atom. The van der Waals surface area contributed by atoms with Crippen LogP contribution in [0.1, 0.15) is 45.1 Å². The van der Waals surface area contributed by atoms with Gasteiger partial charge in [0, 0.05) is 5.54 Å². The minimum absolute atomic E-state index is 0. The molecule has 1 aromatic carbocycles. The summed E-state index contributed by atoms with van der Waals surface area (Å²) in [5.41, 5.74) is 7.05. The largest absolute Gasteiger partial charge is 0.489 e. The number of aryl methyl sites for hydroxylation is 1. The monoisotopic (exact) mass is 340 g/mol. The van der Waals surface area contributed by atoms with Crippen LogP contribution in [0.15, 0.2) is 24.3 Å². The summed E-state index contributed by atoms with van der Waals surface area (Å²) in [4.78, 5) is 12.4. The molecule has 0 heterocycles. The number of ether oxygens (including phenoxy) is 1. The third kappa shape index (κ3) is 5.70. The van der Waals surface area contributed by atoms with Gasteiger partial charge in [-0.3, -0.25) is 4.79 Å². The van der Waals surface area contributed by atoms with Crippen molar-refractivity contribution in [2.24, 2.45) is 11.7 Å². The quantitative estimate of drug-likeness (QED) is 0.865. The smallest absolute Gasteiger partial charge is 0.225 e. The highest BCUT2D eigenvalue weighted by Crippen LogP contribution is 2.31. The SMILES string of the molecule is Cc1cccc(OC(C)CNC(=O)C2CCCCC2(C)N)c1.Cl. The fraction of sp³-hybridized carbons (Fsp3) is 0.611. The Morgan fingerprint density at radius 3 is 2.87 bits per heavy atom. The summed E-state index contributed by atoms with van der Waals surface area (Å²) in [6.45, 7) is 6.48. The third-order valence-corrected chi connectivity index (χ3v) is 4.46. The average molecular weight is 341 g/mol. The summed E-state index contributed by atoms with van der Waals surface area (Å²) in [5, 5.41) is 3.00. The van der Waals surface area contributed by atoms with Crippen molar-refractivity contribution in [3.63, 3.8) is 0 Å². The predicted octanol–water partition coefficient (Wildman–Crippen LogP) is 3.21. The van der Waals surface area contributed by atoms with Gasteiger partial charge in [-0.1, -0.05) is 25.0 Å². The van der Waals surface area contributed by atoms with E-state index in [0.29, 0.717) is 6.54 Å². The summed E-state index contributed by atoms with van der Waals surface area (Å²) in [6.07, 6.45) is 3.93. The molecule has 130 valence electrons. The number of rotatable bonds is 5. The molecule has 1 aliphatic carbocycles. The number of nitrogens with one attached hydrogen (secondary N) is 1. The highest BCUT2D eigenvalue weighted by atomic mass is 35.5. The number of carbonyl (C=O) groups excluding carboxylic acids is 1. The molecule has 1 amide bonds. The molecular formula is C18H29ClN2O2. The maximum absolute atomic E-state index is 12.4. The molecule has 5 heteroatoms. The van der Waals surface area contributed by atoms with Crippen LogP contribution >= 0.6 is 12.4 Å². The highest BCUT2D eigenvalue weighted by Gasteiger charge is 2.37. The van der Waals surface area contributed by atoms with Crippen molar-refractivity contribution in [1.29, 1.82) is 0 Å². The van der Waals surface area contributed by atoms with Gasteiger partial charge in [-0.25, -0.2) is 0 Å². The molecule has 1 saturated carbocycles. The van der Waals surface area contributed by atoms with E-state index in [9.17, 15) is 4.79 Å². The van der Waals surface area contributed by atoms with Gasteiger partial charge in [-0.15, -0.1) is 12.4 Å². The van der Waals surface area contributed by atoms with E-state index in [2.05, 4.69) is 5.32 Å². The van der Waals surface area contributed by atoms with Crippen LogP contribution in [0, 0.1) is 12.8 Å². The molecular weight excluding hydrogens is 312 g/mol. The molecule has 0 aliphatic heterocycles. The van der Waals surface area contributed by atoms with Gasteiger partial charge < -0.3 is 15.8 Å². The molecule has 3 atom stereocenters. The van der Waals surface area contributed by atoms with E-state index in [-0.39, 0.29) is 35.9 Å². The van der Waals surface area contributed by atoms with Crippen LogP contribution in [0.25, 0.3) is 0 Å². The fourth-order valence-electron chi connectivity index (χ4n) is 3.12. The lowest BCUT2D eigenvalue weighted by atomic mass is 9.74. The van der Waals surface area contributed by atoms with Crippen molar-refractivity contribution in [2.75, 3.05) is 6.54 Å². The molecule has 0 saturated heterocycles. The second-order valence-corrected chi connectivity index (χ2v) is 6.79. The van der Waals surface area contributed by atoms with Gasteiger partial charge in [0.15, 0.2) is 0 Å². The molecule has 2 rings (SSSR count). The molecule has 0 bridgehead atoms. The Hall–Kier alpha value is -1.26. The number of amides is 1. The maximum Gasteiger partial charge on any atom is 0.225 e. The van der Waals surface area contributed by atoms with Gasteiger partial charge in [0.1, 0.15) is 11.9 Å². The van der Waals surface area contributed by atoms with Crippen LogP contribution in [0.3, 0.4) is 0 Å². The van der Waals surface area contributed by atoms with E-state index in [4.69, 9.17) is 10.5 Å². The van der Waals surface area contributed by atoms with Crippen molar-refractivity contribution in [1.82, 2.24) is 5.32 Å². The van der Waals surface area contributed by atoms with Gasteiger partial charge >= 0.3 is 0 Å². The molecule has 3 N–H and O–H groups in total. The number of hydrogen-bond acceptors (Lipinski definition) is 3. The zero-order chi connectivity index (χ0) is 16.2. The average Bonchev–Trinajstić information content (AvgIpc) is 2.44. The Morgan fingerprint density at radius 2 is 2.22 bits per heavy atom. The molecule has 0 aromatic heterocycles. The summed E-state index contributed by atoms with van der Waals surface area (Å²) in [5.74, 6) is 0.805. The first-order chi connectivity index (χ1) is 10.4. The predicted molar refractivity (Wildman–Crippen MR) is 96.1 cm³/mol. The van der Waals surface area contributed by atoms with E-state index >= 15 is 0 Å². The van der Waals surface area contributed by atoms with Crippen LogP contribution in [-0.4, -0.2) is 24.1 Å². The first-order valence-corrected chi connectivity index (χ1v) is 8.18. The van der Waals surface area contributed by atoms with Crippen LogP contribution < -0.4 is 15.8 Å². The van der Waals surface area contributed by atoms with Crippen LogP contribution in [0.2, 0.25) is 0 Å². The molecule has 0 radical (unpaired) electrons. The molecule has 1 aliphatic rings. The lowest BCUT2D eigenvalue weighted by molar-refractivity contribution is -0.128. The zero-order valence-electron chi connectivity index (χ0n) is 14.3. The van der Waals surface area contributed by atoms with E-state index < -0.39 is 0 Å². The lowest BCUT2D eigenvalue weighted by Gasteiger charge is -2.37. The van der Waals surface area contributed by atoms with Crippen molar-refractivity contribution >= 4 is 18.3 Å². The standard InChI is InChI=1S/C18H28N2O2.ClH/c1-13-7-6-8-15(11-13)22-14(2)12-20-17(21)16-9-4-5-10-18(16,3)19;/h6-8,11,14,16H,4-5,9-10,12,19H2,1-3H3,(H,20,21);1H. The van der Waals surface area contributed by atoms with E-state index in [1.54, 1.807) is 0 Å². The number of nitrogens with two attached hydrogens (primary N) is 1. The third-order valence-electron chi connectivity index (χ3n) is 4.46. The fourth-order valence-corrected chi connectivity index (χ4v) is 3.12. The minimum Gasteiger partial charge on any atom is -0.489 e. The van der Waals surface area contributed by atoms with Gasteiger partial charge in [0.25, 0.3) is 0 Å². The Bertz CT molecular complexity index is 519. The molecule has 4 nitrogen and oxygen atoms in total. The summed E-state index contributed by atoms with van der Waals surface area (Å²) in [7, 11) is 0. The van der Waals surface area contributed by atoms with Crippen molar-refractivity contribution in [3.8, 4) is 5.75 Å². The van der Waals surface area contributed by atoms with Crippen molar-refractivity contribution < 1.29 is 9.53 Å². The van der Waals surface area contributed by atoms with Gasteiger partial charge in [-0.05, 0) is 51.3 Å². The van der Waals surface area contributed by atoms with Crippen LogP contribution in [0.4, 0.5) is 0 Å². The minimum atomic E-state index is -0.386. The second kappa shape index (κ2) is 8.55. The normalized spacial score (nSPS) is 25.1. The number of carbonyl (C=O) groups is 1. The van der Waals surface area contributed by atoms with E-state index in [0.717, 1.165) is 37.0 Å². The molecule has 3 unspecified atom stereocenters. The first-order valence-electron chi connectivity index (χ1n) is 8.18. The van der Waals surface area contributed by atoms with Crippen molar-refractivity contribution in [3.05, 3.63) is 29.8 Å². The second-order valence-electron chi connectivity index (χ2n) is 6.79. The number of hydrogen-bond donors (Lipinski definition) is 2. The lowest BCUT2D eigenvalue weighted by Crippen LogP contribution is -2.53. The van der Waals surface area contributed by atoms with E-state index in [1.165, 1.54) is 0 Å².